The number of rotatable bonds is 7. The molecule has 3 atom stereocenters. The van der Waals surface area contributed by atoms with E-state index >= 15 is 0 Å². The molecule has 0 aliphatic heterocycles. The minimum absolute atomic E-state index is 0.0494. The van der Waals surface area contributed by atoms with Gasteiger partial charge in [-0.3, -0.25) is 0 Å². The van der Waals surface area contributed by atoms with E-state index in [0.717, 1.165) is 25.0 Å². The summed E-state index contributed by atoms with van der Waals surface area (Å²) < 4.78 is 24.7. The molecule has 0 bridgehead atoms. The van der Waals surface area contributed by atoms with Crippen LogP contribution in [0.4, 0.5) is 4.39 Å². The van der Waals surface area contributed by atoms with Crippen LogP contribution >= 0.6 is 0 Å². The molecule has 0 amide bonds. The molecule has 1 fully saturated rings. The maximum Gasteiger partial charge on any atom is 0.126 e. The van der Waals surface area contributed by atoms with Crippen molar-refractivity contribution in [1.82, 2.24) is 5.32 Å². The predicted octanol–water partition coefficient (Wildman–Crippen LogP) is 3.16. The van der Waals surface area contributed by atoms with Crippen LogP contribution in [0.25, 0.3) is 0 Å². The van der Waals surface area contributed by atoms with Crippen LogP contribution in [0.15, 0.2) is 54.6 Å². The molecular weight excluding hydrogens is 321 g/mol. The summed E-state index contributed by atoms with van der Waals surface area (Å²) in [5.74, 6) is 0.952. The Labute approximate surface area is 147 Å². The molecule has 2 N–H and O–H groups in total. The summed E-state index contributed by atoms with van der Waals surface area (Å²) in [6.07, 6.45) is 1.64. The molecule has 0 spiro atoms. The summed E-state index contributed by atoms with van der Waals surface area (Å²) in [5, 5.41) is 13.9. The monoisotopic (exact) mass is 345 g/mol. The van der Waals surface area contributed by atoms with Crippen molar-refractivity contribution in [2.24, 2.45) is 0 Å². The molecule has 1 saturated carbocycles. The van der Waals surface area contributed by atoms with Gasteiger partial charge in [-0.15, -0.1) is 0 Å². The van der Waals surface area contributed by atoms with E-state index in [1.165, 1.54) is 12.1 Å². The van der Waals surface area contributed by atoms with E-state index in [0.29, 0.717) is 18.9 Å². The highest BCUT2D eigenvalue weighted by Crippen LogP contribution is 2.24. The van der Waals surface area contributed by atoms with Crippen molar-refractivity contribution in [2.75, 3.05) is 13.2 Å². The maximum atomic E-state index is 13.3. The van der Waals surface area contributed by atoms with Gasteiger partial charge in [-0.25, -0.2) is 4.39 Å². The van der Waals surface area contributed by atoms with E-state index in [9.17, 15) is 9.50 Å². The number of aliphatic hydroxyl groups excluding tert-OH is 1. The van der Waals surface area contributed by atoms with Crippen molar-refractivity contribution in [3.8, 4) is 11.5 Å². The predicted molar refractivity (Wildman–Crippen MR) is 94.4 cm³/mol. The van der Waals surface area contributed by atoms with Crippen LogP contribution in [0.1, 0.15) is 19.3 Å². The molecule has 0 heterocycles. The Kier molecular flexibility index (Phi) is 6.25. The lowest BCUT2D eigenvalue weighted by Gasteiger charge is -2.35. The Morgan fingerprint density at radius 1 is 1.04 bits per heavy atom. The SMILES string of the molecule is O[C@@H]1[C@@H](NCCOc2ccccc2)CCC[C@H]1Oc1cccc(F)c1. The van der Waals surface area contributed by atoms with E-state index in [2.05, 4.69) is 5.32 Å². The first kappa shape index (κ1) is 17.7. The van der Waals surface area contributed by atoms with Crippen LogP contribution in [0, 0.1) is 5.82 Å². The number of para-hydroxylation sites is 1. The van der Waals surface area contributed by atoms with Crippen LogP contribution in [0.3, 0.4) is 0 Å². The largest absolute Gasteiger partial charge is 0.492 e. The minimum Gasteiger partial charge on any atom is -0.492 e. The van der Waals surface area contributed by atoms with Gasteiger partial charge in [-0.1, -0.05) is 24.3 Å². The standard InChI is InChI=1S/C20H24FNO3/c21-15-6-4-9-17(14-15)25-19-11-5-10-18(20(19)23)22-12-13-24-16-7-2-1-3-8-16/h1-4,6-9,14,18-20,22-23H,5,10-13H2/t18-,19+,20+/m0/s1. The third kappa shape index (κ3) is 5.18. The fourth-order valence-electron chi connectivity index (χ4n) is 3.14. The maximum absolute atomic E-state index is 13.3. The van der Waals surface area contributed by atoms with E-state index in [4.69, 9.17) is 9.47 Å². The van der Waals surface area contributed by atoms with Gasteiger partial charge in [0, 0.05) is 18.7 Å². The number of aliphatic hydroxyl groups is 1. The van der Waals surface area contributed by atoms with Gasteiger partial charge >= 0.3 is 0 Å². The lowest BCUT2D eigenvalue weighted by Crippen LogP contribution is -2.51. The van der Waals surface area contributed by atoms with Gasteiger partial charge < -0.3 is 19.9 Å². The lowest BCUT2D eigenvalue weighted by molar-refractivity contribution is -0.0159. The third-order valence-electron chi connectivity index (χ3n) is 4.40. The minimum atomic E-state index is -0.631. The van der Waals surface area contributed by atoms with Crippen molar-refractivity contribution < 1.29 is 19.0 Å². The molecule has 5 heteroatoms. The van der Waals surface area contributed by atoms with Crippen molar-refractivity contribution in [1.29, 1.82) is 0 Å². The number of benzene rings is 2. The second kappa shape index (κ2) is 8.83. The summed E-state index contributed by atoms with van der Waals surface area (Å²) >= 11 is 0. The molecule has 0 saturated heterocycles. The van der Waals surface area contributed by atoms with Crippen LogP contribution in [-0.2, 0) is 0 Å². The Balaban J connectivity index is 1.45. The smallest absolute Gasteiger partial charge is 0.126 e. The highest BCUT2D eigenvalue weighted by molar-refractivity contribution is 5.23. The second-order valence-corrected chi connectivity index (χ2v) is 6.26. The quantitative estimate of drug-likeness (QED) is 0.757. The van der Waals surface area contributed by atoms with Crippen molar-refractivity contribution in [3.63, 3.8) is 0 Å². The second-order valence-electron chi connectivity index (χ2n) is 6.26. The lowest BCUT2D eigenvalue weighted by atomic mass is 9.90. The fourth-order valence-corrected chi connectivity index (χ4v) is 3.14. The fraction of sp³-hybridized carbons (Fsp3) is 0.400. The highest BCUT2D eigenvalue weighted by atomic mass is 19.1. The van der Waals surface area contributed by atoms with Gasteiger partial charge in [0.2, 0.25) is 0 Å². The molecule has 3 rings (SSSR count). The number of ether oxygens (including phenoxy) is 2. The van der Waals surface area contributed by atoms with Gasteiger partial charge in [0.05, 0.1) is 0 Å². The van der Waals surface area contributed by atoms with Crippen molar-refractivity contribution in [2.45, 2.75) is 37.5 Å². The Bertz CT molecular complexity index is 652. The Morgan fingerprint density at radius 2 is 1.84 bits per heavy atom. The normalized spacial score (nSPS) is 23.2. The van der Waals surface area contributed by atoms with Crippen molar-refractivity contribution >= 4 is 0 Å². The molecule has 25 heavy (non-hydrogen) atoms. The van der Waals surface area contributed by atoms with E-state index in [1.54, 1.807) is 12.1 Å². The van der Waals surface area contributed by atoms with Gasteiger partial charge in [-0.2, -0.15) is 0 Å². The van der Waals surface area contributed by atoms with Gasteiger partial charge in [0.15, 0.2) is 0 Å². The van der Waals surface area contributed by atoms with E-state index < -0.39 is 6.10 Å². The molecule has 4 nitrogen and oxygen atoms in total. The summed E-state index contributed by atoms with van der Waals surface area (Å²) in [4.78, 5) is 0. The summed E-state index contributed by atoms with van der Waals surface area (Å²) in [6, 6.07) is 15.6. The summed E-state index contributed by atoms with van der Waals surface area (Å²) in [6.45, 7) is 1.17. The number of halogens is 1. The first-order valence-corrected chi connectivity index (χ1v) is 8.74. The van der Waals surface area contributed by atoms with Crippen LogP contribution in [0.5, 0.6) is 11.5 Å². The molecule has 2 aromatic carbocycles. The van der Waals surface area contributed by atoms with Crippen LogP contribution in [0.2, 0.25) is 0 Å². The molecule has 0 aromatic heterocycles. The van der Waals surface area contributed by atoms with Gasteiger partial charge in [0.25, 0.3) is 0 Å². The van der Waals surface area contributed by atoms with Crippen molar-refractivity contribution in [3.05, 3.63) is 60.4 Å². The molecule has 1 aliphatic rings. The van der Waals surface area contributed by atoms with Gasteiger partial charge in [-0.05, 0) is 43.5 Å². The molecule has 1 aliphatic carbocycles. The van der Waals surface area contributed by atoms with E-state index in [-0.39, 0.29) is 18.0 Å². The Morgan fingerprint density at radius 3 is 2.64 bits per heavy atom. The van der Waals surface area contributed by atoms with Crippen LogP contribution in [-0.4, -0.2) is 36.5 Å². The first-order valence-electron chi connectivity index (χ1n) is 8.74. The molecule has 134 valence electrons. The Hall–Kier alpha value is -2.11. The highest BCUT2D eigenvalue weighted by Gasteiger charge is 2.33. The van der Waals surface area contributed by atoms with E-state index in [1.807, 2.05) is 30.3 Å². The summed E-state index contributed by atoms with van der Waals surface area (Å²) in [5.41, 5.74) is 0. The first-order chi connectivity index (χ1) is 12.2. The summed E-state index contributed by atoms with van der Waals surface area (Å²) in [7, 11) is 0. The average molecular weight is 345 g/mol. The topological polar surface area (TPSA) is 50.7 Å². The molecule has 0 unspecified atom stereocenters. The molecule has 0 radical (unpaired) electrons. The third-order valence-corrected chi connectivity index (χ3v) is 4.40. The van der Waals surface area contributed by atoms with Crippen LogP contribution < -0.4 is 14.8 Å². The molecular formula is C20H24FNO3. The zero-order valence-corrected chi connectivity index (χ0v) is 14.1. The number of nitrogens with one attached hydrogen (secondary N) is 1. The number of hydrogen-bond donors (Lipinski definition) is 2. The zero-order chi connectivity index (χ0) is 17.5. The average Bonchev–Trinajstić information content (AvgIpc) is 2.62. The van der Waals surface area contributed by atoms with Gasteiger partial charge in [0.1, 0.15) is 36.1 Å². The molecule has 2 aromatic rings. The number of hydrogen-bond acceptors (Lipinski definition) is 4. The zero-order valence-electron chi connectivity index (χ0n) is 14.1.